The molecule has 0 fully saturated rings. The first-order valence-electron chi connectivity index (χ1n) is 9.99. The Hall–Kier alpha value is -3.99. The van der Waals surface area contributed by atoms with Crippen molar-refractivity contribution in [3.8, 4) is 0 Å². The summed E-state index contributed by atoms with van der Waals surface area (Å²) in [5, 5.41) is 20.6. The van der Waals surface area contributed by atoms with E-state index in [2.05, 4.69) is 16.8 Å². The molecule has 0 atom stereocenters. The van der Waals surface area contributed by atoms with Crippen molar-refractivity contribution in [2.24, 2.45) is 0 Å². The predicted molar refractivity (Wildman–Crippen MR) is 125 cm³/mol. The van der Waals surface area contributed by atoms with Crippen LogP contribution in [0.4, 0.5) is 5.69 Å². The van der Waals surface area contributed by atoms with Gasteiger partial charge in [0.15, 0.2) is 5.16 Å². The van der Waals surface area contributed by atoms with Crippen LogP contribution in [-0.2, 0) is 17.9 Å². The number of hydrogen-bond donors (Lipinski definition) is 0. The minimum absolute atomic E-state index is 0.0279. The Bertz CT molecular complexity index is 1440. The van der Waals surface area contributed by atoms with Crippen LogP contribution in [0.1, 0.15) is 5.56 Å². The van der Waals surface area contributed by atoms with Gasteiger partial charge in [-0.1, -0.05) is 48.2 Å². The van der Waals surface area contributed by atoms with E-state index in [0.29, 0.717) is 27.4 Å². The monoisotopic (exact) mass is 464 g/mol. The van der Waals surface area contributed by atoms with E-state index >= 15 is 0 Å². The first-order valence-corrected chi connectivity index (χ1v) is 11.0. The zero-order valence-corrected chi connectivity index (χ0v) is 18.6. The number of rotatable bonds is 8. The number of fused-ring (bicyclic) bond motifs is 3. The smallest absolute Gasteiger partial charge is 0.274 e. The topological polar surface area (TPSA) is 116 Å². The molecule has 0 saturated heterocycles. The first-order chi connectivity index (χ1) is 15.9. The molecule has 0 bridgehead atoms. The van der Waals surface area contributed by atoms with Gasteiger partial charge >= 0.3 is 0 Å². The number of carbonyl (C=O) groups is 1. The molecule has 0 aliphatic carbocycles. The molecule has 33 heavy (non-hydrogen) atoms. The zero-order chi connectivity index (χ0) is 23.5. The number of nitrogens with zero attached hydrogens (tertiary/aromatic N) is 6. The van der Waals surface area contributed by atoms with E-state index in [1.165, 1.54) is 27.3 Å². The van der Waals surface area contributed by atoms with Crippen molar-refractivity contribution in [2.45, 2.75) is 18.2 Å². The van der Waals surface area contributed by atoms with Gasteiger partial charge in [-0.2, -0.15) is 0 Å². The van der Waals surface area contributed by atoms with E-state index in [0.717, 1.165) is 0 Å². The Kier molecular flexibility index (Phi) is 6.22. The van der Waals surface area contributed by atoms with Gasteiger partial charge in [0.1, 0.15) is 0 Å². The molecule has 0 aliphatic rings. The number of hydrogen-bond acceptors (Lipinski definition) is 7. The molecular formula is C22H20N6O4S. The van der Waals surface area contributed by atoms with Gasteiger partial charge in [0.05, 0.1) is 28.1 Å². The molecule has 0 unspecified atom stereocenters. The largest absolute Gasteiger partial charge is 0.340 e. The highest BCUT2D eigenvalue weighted by Crippen LogP contribution is 2.23. The molecular weight excluding hydrogens is 444 g/mol. The molecule has 4 rings (SSSR count). The molecule has 2 heterocycles. The molecule has 0 saturated carbocycles. The third-order valence-electron chi connectivity index (χ3n) is 5.14. The lowest BCUT2D eigenvalue weighted by Gasteiger charge is -2.17. The maximum atomic E-state index is 12.9. The third kappa shape index (κ3) is 4.22. The molecule has 2 aromatic carbocycles. The Morgan fingerprint density at radius 2 is 1.94 bits per heavy atom. The lowest BCUT2D eigenvalue weighted by Crippen LogP contribution is -2.28. The second kappa shape index (κ2) is 9.25. The fourth-order valence-electron chi connectivity index (χ4n) is 3.52. The normalized spacial score (nSPS) is 11.1. The van der Waals surface area contributed by atoms with Crippen LogP contribution in [0.2, 0.25) is 0 Å². The maximum Gasteiger partial charge on any atom is 0.274 e. The predicted octanol–water partition coefficient (Wildman–Crippen LogP) is 2.89. The van der Waals surface area contributed by atoms with Crippen molar-refractivity contribution in [3.05, 3.63) is 87.2 Å². The second-order valence-corrected chi connectivity index (χ2v) is 8.21. The summed E-state index contributed by atoms with van der Waals surface area (Å²) in [7, 11) is 1.60. The number of aromatic nitrogens is 4. The van der Waals surface area contributed by atoms with Crippen molar-refractivity contribution < 1.29 is 9.72 Å². The maximum absolute atomic E-state index is 12.9. The van der Waals surface area contributed by atoms with Gasteiger partial charge < -0.3 is 4.90 Å². The van der Waals surface area contributed by atoms with Gasteiger partial charge in [0.25, 0.3) is 11.2 Å². The number of benzene rings is 2. The van der Waals surface area contributed by atoms with Crippen LogP contribution < -0.4 is 5.56 Å². The fourth-order valence-corrected chi connectivity index (χ4v) is 4.40. The number of nitro benzene ring substituents is 1. The van der Waals surface area contributed by atoms with Crippen LogP contribution in [0.25, 0.3) is 16.7 Å². The Balaban J connectivity index is 1.60. The van der Waals surface area contributed by atoms with Crippen LogP contribution in [0.15, 0.2) is 71.1 Å². The van der Waals surface area contributed by atoms with E-state index in [1.54, 1.807) is 53.9 Å². The summed E-state index contributed by atoms with van der Waals surface area (Å²) in [6.07, 6.45) is 1.61. The highest BCUT2D eigenvalue weighted by atomic mass is 32.2. The summed E-state index contributed by atoms with van der Waals surface area (Å²) < 4.78 is 3.23. The van der Waals surface area contributed by atoms with Crippen molar-refractivity contribution in [2.75, 3.05) is 12.8 Å². The summed E-state index contributed by atoms with van der Waals surface area (Å²) in [5.74, 6) is 0.188. The van der Waals surface area contributed by atoms with Crippen molar-refractivity contribution in [1.29, 1.82) is 0 Å². The van der Waals surface area contributed by atoms with Crippen LogP contribution in [-0.4, -0.2) is 47.7 Å². The lowest BCUT2D eigenvalue weighted by atomic mass is 10.1. The Morgan fingerprint density at radius 3 is 2.70 bits per heavy atom. The molecule has 0 spiro atoms. The quantitative estimate of drug-likeness (QED) is 0.170. The van der Waals surface area contributed by atoms with Gasteiger partial charge in [0, 0.05) is 25.2 Å². The van der Waals surface area contributed by atoms with Crippen molar-refractivity contribution in [3.63, 3.8) is 0 Å². The van der Waals surface area contributed by atoms with Crippen LogP contribution >= 0.6 is 11.8 Å². The summed E-state index contributed by atoms with van der Waals surface area (Å²) in [6.45, 7) is 4.09. The molecule has 1 amide bonds. The van der Waals surface area contributed by atoms with Crippen molar-refractivity contribution >= 4 is 40.0 Å². The summed E-state index contributed by atoms with van der Waals surface area (Å²) in [4.78, 5) is 37.8. The average molecular weight is 465 g/mol. The summed E-state index contributed by atoms with van der Waals surface area (Å²) in [6, 6.07) is 13.5. The van der Waals surface area contributed by atoms with Gasteiger partial charge in [-0.05, 0) is 12.1 Å². The highest BCUT2D eigenvalue weighted by Gasteiger charge is 2.20. The third-order valence-corrected chi connectivity index (χ3v) is 6.05. The number of nitro groups is 1. The van der Waals surface area contributed by atoms with Crippen LogP contribution in [0.3, 0.4) is 0 Å². The Labute approximate surface area is 192 Å². The lowest BCUT2D eigenvalue weighted by molar-refractivity contribution is -0.385. The number of amides is 1. The van der Waals surface area contributed by atoms with Gasteiger partial charge in [-0.3, -0.25) is 28.7 Å². The minimum Gasteiger partial charge on any atom is -0.340 e. The van der Waals surface area contributed by atoms with E-state index in [-0.39, 0.29) is 36.0 Å². The molecule has 11 heteroatoms. The summed E-state index contributed by atoms with van der Waals surface area (Å²) >= 11 is 1.18. The minimum atomic E-state index is -0.460. The van der Waals surface area contributed by atoms with E-state index in [4.69, 9.17) is 0 Å². The number of carbonyl (C=O) groups excluding carboxylic acids is 1. The second-order valence-electron chi connectivity index (χ2n) is 7.26. The van der Waals surface area contributed by atoms with Gasteiger partial charge in [0.2, 0.25) is 11.7 Å². The van der Waals surface area contributed by atoms with E-state index in [1.807, 2.05) is 6.07 Å². The molecule has 4 aromatic rings. The summed E-state index contributed by atoms with van der Waals surface area (Å²) in [5.41, 5.74) is 0.879. The van der Waals surface area contributed by atoms with Gasteiger partial charge in [-0.15, -0.1) is 16.8 Å². The zero-order valence-electron chi connectivity index (χ0n) is 17.7. The molecule has 0 aliphatic heterocycles. The van der Waals surface area contributed by atoms with Crippen LogP contribution in [0, 0.1) is 10.1 Å². The molecule has 168 valence electrons. The average Bonchev–Trinajstić information content (AvgIpc) is 3.24. The van der Waals surface area contributed by atoms with E-state index in [9.17, 15) is 19.7 Å². The molecule has 10 nitrogen and oxygen atoms in total. The van der Waals surface area contributed by atoms with E-state index < -0.39 is 4.92 Å². The number of allylic oxidation sites excluding steroid dienone is 1. The SMILES string of the molecule is C=CCn1c(=O)c2ccccc2n2c(SCC(=O)N(C)Cc3ccccc3[N+](=O)[O-])nnc12. The first kappa shape index (κ1) is 22.2. The highest BCUT2D eigenvalue weighted by molar-refractivity contribution is 7.99. The molecule has 0 radical (unpaired) electrons. The molecule has 2 aromatic heterocycles. The van der Waals surface area contributed by atoms with Crippen molar-refractivity contribution in [1.82, 2.24) is 24.1 Å². The number of thioether (sulfide) groups is 1. The molecule has 0 N–H and O–H groups in total. The Morgan fingerprint density at radius 1 is 1.21 bits per heavy atom. The fraction of sp³-hybridized carbons (Fsp3) is 0.182. The van der Waals surface area contributed by atoms with Gasteiger partial charge in [-0.25, -0.2) is 0 Å². The van der Waals surface area contributed by atoms with Crippen LogP contribution in [0.5, 0.6) is 0 Å². The standard InChI is InChI=1S/C22H20N6O4S/c1-3-12-26-20(30)16-9-5-7-11-18(16)27-21(26)23-24-22(27)33-14-19(29)25(2)13-15-8-4-6-10-17(15)28(31)32/h3-11H,1,12-14H2,2H3. The number of para-hydroxylation sites is 2.